The summed E-state index contributed by atoms with van der Waals surface area (Å²) in [7, 11) is 1.31. The summed E-state index contributed by atoms with van der Waals surface area (Å²) in [5, 5.41) is 6.31. The van der Waals surface area contributed by atoms with Gasteiger partial charge in [0.1, 0.15) is 5.82 Å². The zero-order valence-corrected chi connectivity index (χ0v) is 15.9. The Bertz CT molecular complexity index is 993. The van der Waals surface area contributed by atoms with Gasteiger partial charge in [-0.3, -0.25) is 4.79 Å². The molecule has 1 aromatic heterocycles. The fourth-order valence-corrected chi connectivity index (χ4v) is 2.69. The van der Waals surface area contributed by atoms with E-state index in [1.807, 2.05) is 30.3 Å². The summed E-state index contributed by atoms with van der Waals surface area (Å²) in [6.45, 7) is 0.428. The molecule has 142 valence electrons. The molecule has 0 spiro atoms. The highest BCUT2D eigenvalue weighted by Gasteiger charge is 2.11. The SMILES string of the molecule is COC(=O)c1ccc(Cl)c(Nc2cc(C(=O)NCc3ccccc3)ccn2)c1. The number of hydrogen-bond donors (Lipinski definition) is 2. The van der Waals surface area contributed by atoms with Crippen molar-refractivity contribution in [3.63, 3.8) is 0 Å². The molecule has 0 atom stereocenters. The number of halogens is 1. The fourth-order valence-electron chi connectivity index (χ4n) is 2.52. The van der Waals surface area contributed by atoms with E-state index >= 15 is 0 Å². The van der Waals surface area contributed by atoms with Crippen LogP contribution in [0.15, 0.2) is 66.9 Å². The third kappa shape index (κ3) is 4.86. The number of anilines is 2. The van der Waals surface area contributed by atoms with Crippen LogP contribution in [-0.4, -0.2) is 24.0 Å². The molecular formula is C21H18ClN3O3. The maximum atomic E-state index is 12.4. The van der Waals surface area contributed by atoms with Crippen LogP contribution in [0.5, 0.6) is 0 Å². The van der Waals surface area contributed by atoms with Gasteiger partial charge in [0, 0.05) is 18.3 Å². The first-order valence-electron chi connectivity index (χ1n) is 8.50. The summed E-state index contributed by atoms with van der Waals surface area (Å²) in [6.07, 6.45) is 1.53. The standard InChI is InChI=1S/C21H18ClN3O3/c1-28-21(27)16-7-8-17(22)18(11-16)25-19-12-15(9-10-23-19)20(26)24-13-14-5-3-2-4-6-14/h2-12H,13H2,1H3,(H,23,25)(H,24,26). The minimum atomic E-state index is -0.471. The molecule has 0 aliphatic carbocycles. The van der Waals surface area contributed by atoms with Crippen molar-refractivity contribution >= 4 is 35.0 Å². The number of carbonyl (C=O) groups excluding carboxylic acids is 2. The van der Waals surface area contributed by atoms with E-state index in [0.29, 0.717) is 34.2 Å². The molecule has 0 saturated carbocycles. The predicted molar refractivity (Wildman–Crippen MR) is 108 cm³/mol. The van der Waals surface area contributed by atoms with Crippen molar-refractivity contribution in [1.82, 2.24) is 10.3 Å². The highest BCUT2D eigenvalue weighted by Crippen LogP contribution is 2.26. The lowest BCUT2D eigenvalue weighted by atomic mass is 10.2. The van der Waals surface area contributed by atoms with Gasteiger partial charge in [0.15, 0.2) is 0 Å². The minimum Gasteiger partial charge on any atom is -0.465 e. The highest BCUT2D eigenvalue weighted by molar-refractivity contribution is 6.33. The second-order valence-electron chi connectivity index (χ2n) is 5.91. The van der Waals surface area contributed by atoms with E-state index in [1.54, 1.807) is 30.3 Å². The van der Waals surface area contributed by atoms with Gasteiger partial charge in [-0.05, 0) is 35.9 Å². The van der Waals surface area contributed by atoms with Crippen molar-refractivity contribution in [2.75, 3.05) is 12.4 Å². The van der Waals surface area contributed by atoms with Gasteiger partial charge in [-0.25, -0.2) is 9.78 Å². The van der Waals surface area contributed by atoms with Crippen LogP contribution in [0.3, 0.4) is 0 Å². The number of nitrogens with one attached hydrogen (secondary N) is 2. The molecule has 3 rings (SSSR count). The first-order valence-corrected chi connectivity index (χ1v) is 8.87. The van der Waals surface area contributed by atoms with Crippen molar-refractivity contribution < 1.29 is 14.3 Å². The smallest absolute Gasteiger partial charge is 0.337 e. The average molecular weight is 396 g/mol. The van der Waals surface area contributed by atoms with E-state index in [2.05, 4.69) is 15.6 Å². The Kier molecular flexibility index (Phi) is 6.24. The number of pyridine rings is 1. The van der Waals surface area contributed by atoms with Crippen LogP contribution in [0.25, 0.3) is 0 Å². The molecule has 28 heavy (non-hydrogen) atoms. The lowest BCUT2D eigenvalue weighted by Crippen LogP contribution is -2.22. The first-order chi connectivity index (χ1) is 13.6. The number of aromatic nitrogens is 1. The molecule has 0 radical (unpaired) electrons. The Morgan fingerprint density at radius 2 is 1.82 bits per heavy atom. The van der Waals surface area contributed by atoms with E-state index in [9.17, 15) is 9.59 Å². The number of ether oxygens (including phenoxy) is 1. The molecule has 0 saturated heterocycles. The summed E-state index contributed by atoms with van der Waals surface area (Å²) < 4.78 is 4.72. The quantitative estimate of drug-likeness (QED) is 0.611. The van der Waals surface area contributed by atoms with Gasteiger partial charge >= 0.3 is 5.97 Å². The Morgan fingerprint density at radius 3 is 2.57 bits per heavy atom. The molecule has 1 amide bonds. The molecule has 2 aromatic carbocycles. The summed E-state index contributed by atoms with van der Waals surface area (Å²) in [5.74, 6) is -0.262. The van der Waals surface area contributed by atoms with E-state index in [-0.39, 0.29) is 5.91 Å². The molecule has 1 heterocycles. The lowest BCUT2D eigenvalue weighted by molar-refractivity contribution is 0.0600. The second kappa shape index (κ2) is 9.01. The molecule has 0 bridgehead atoms. The fraction of sp³-hybridized carbons (Fsp3) is 0.0952. The van der Waals surface area contributed by atoms with Crippen molar-refractivity contribution in [2.45, 2.75) is 6.54 Å². The Hall–Kier alpha value is -3.38. The van der Waals surface area contributed by atoms with Gasteiger partial charge in [-0.15, -0.1) is 0 Å². The maximum absolute atomic E-state index is 12.4. The van der Waals surface area contributed by atoms with Crippen LogP contribution < -0.4 is 10.6 Å². The van der Waals surface area contributed by atoms with Crippen LogP contribution >= 0.6 is 11.6 Å². The number of nitrogens with zero attached hydrogens (tertiary/aromatic N) is 1. The minimum absolute atomic E-state index is 0.219. The van der Waals surface area contributed by atoms with Crippen LogP contribution in [-0.2, 0) is 11.3 Å². The molecule has 7 heteroatoms. The number of amides is 1. The molecule has 0 fully saturated rings. The molecule has 6 nitrogen and oxygen atoms in total. The summed E-state index contributed by atoms with van der Waals surface area (Å²) in [4.78, 5) is 28.3. The van der Waals surface area contributed by atoms with E-state index in [4.69, 9.17) is 16.3 Å². The number of carbonyl (C=O) groups is 2. The van der Waals surface area contributed by atoms with Gasteiger partial charge in [-0.1, -0.05) is 41.9 Å². The monoisotopic (exact) mass is 395 g/mol. The van der Waals surface area contributed by atoms with Gasteiger partial charge in [0.05, 0.1) is 23.4 Å². The maximum Gasteiger partial charge on any atom is 0.337 e. The molecule has 0 unspecified atom stereocenters. The molecular weight excluding hydrogens is 378 g/mol. The van der Waals surface area contributed by atoms with Gasteiger partial charge in [0.25, 0.3) is 5.91 Å². The molecule has 2 N–H and O–H groups in total. The Labute approximate surface area is 167 Å². The Balaban J connectivity index is 1.73. The van der Waals surface area contributed by atoms with E-state index < -0.39 is 5.97 Å². The van der Waals surface area contributed by atoms with Gasteiger partial charge in [-0.2, -0.15) is 0 Å². The van der Waals surface area contributed by atoms with Crippen molar-refractivity contribution in [3.05, 3.63) is 88.6 Å². The molecule has 0 aliphatic rings. The van der Waals surface area contributed by atoms with Crippen molar-refractivity contribution in [1.29, 1.82) is 0 Å². The van der Waals surface area contributed by atoms with Gasteiger partial charge < -0.3 is 15.4 Å². The largest absolute Gasteiger partial charge is 0.465 e. The number of esters is 1. The van der Waals surface area contributed by atoms with Gasteiger partial charge in [0.2, 0.25) is 0 Å². The summed E-state index contributed by atoms with van der Waals surface area (Å²) >= 11 is 6.19. The van der Waals surface area contributed by atoms with Crippen LogP contribution in [0.2, 0.25) is 5.02 Å². The van der Waals surface area contributed by atoms with Crippen LogP contribution in [0.4, 0.5) is 11.5 Å². The summed E-state index contributed by atoms with van der Waals surface area (Å²) in [6, 6.07) is 17.6. The third-order valence-corrected chi connectivity index (χ3v) is 4.30. The average Bonchev–Trinajstić information content (AvgIpc) is 2.74. The first kappa shape index (κ1) is 19.4. The number of benzene rings is 2. The van der Waals surface area contributed by atoms with Crippen LogP contribution in [0, 0.1) is 0 Å². The number of rotatable bonds is 6. The zero-order chi connectivity index (χ0) is 19.9. The molecule has 3 aromatic rings. The predicted octanol–water partition coefficient (Wildman–Crippen LogP) is 4.20. The normalized spacial score (nSPS) is 10.2. The van der Waals surface area contributed by atoms with E-state index in [1.165, 1.54) is 13.3 Å². The van der Waals surface area contributed by atoms with E-state index in [0.717, 1.165) is 5.56 Å². The Morgan fingerprint density at radius 1 is 1.04 bits per heavy atom. The number of hydrogen-bond acceptors (Lipinski definition) is 5. The summed E-state index contributed by atoms with van der Waals surface area (Å²) in [5.41, 5.74) is 2.30. The zero-order valence-electron chi connectivity index (χ0n) is 15.1. The van der Waals surface area contributed by atoms with Crippen LogP contribution in [0.1, 0.15) is 26.3 Å². The third-order valence-electron chi connectivity index (χ3n) is 3.97. The highest BCUT2D eigenvalue weighted by atomic mass is 35.5. The van der Waals surface area contributed by atoms with Crippen molar-refractivity contribution in [3.8, 4) is 0 Å². The second-order valence-corrected chi connectivity index (χ2v) is 6.32. The van der Waals surface area contributed by atoms with Crippen molar-refractivity contribution in [2.24, 2.45) is 0 Å². The number of methoxy groups -OCH3 is 1. The topological polar surface area (TPSA) is 80.3 Å². The molecule has 0 aliphatic heterocycles. The lowest BCUT2D eigenvalue weighted by Gasteiger charge is -2.11.